The monoisotopic (exact) mass is 436 g/mol. The van der Waals surface area contributed by atoms with Gasteiger partial charge in [0.1, 0.15) is 31.2 Å². The number of nitrogens with one attached hydrogen (secondary N) is 2. The Morgan fingerprint density at radius 1 is 0.903 bits per heavy atom. The first-order valence-electron chi connectivity index (χ1n) is 9.75. The van der Waals surface area contributed by atoms with Gasteiger partial charge in [-0.3, -0.25) is 0 Å². The normalized spacial score (nSPS) is 12.6. The van der Waals surface area contributed by atoms with Crippen molar-refractivity contribution in [3.05, 3.63) is 77.3 Å². The van der Waals surface area contributed by atoms with Crippen molar-refractivity contribution in [2.75, 3.05) is 23.8 Å². The molecule has 0 fully saturated rings. The van der Waals surface area contributed by atoms with E-state index in [-0.39, 0.29) is 5.02 Å². The quantitative estimate of drug-likeness (QED) is 0.427. The Labute approximate surface area is 183 Å². The molecule has 5 rings (SSSR count). The Kier molecular flexibility index (Phi) is 5.18. The molecule has 4 aromatic rings. The molecule has 0 saturated carbocycles. The Morgan fingerprint density at radius 3 is 2.61 bits per heavy atom. The first-order chi connectivity index (χ1) is 15.2. The molecular weight excluding hydrogens is 419 g/mol. The Morgan fingerprint density at radius 2 is 1.74 bits per heavy atom. The maximum atomic E-state index is 13.5. The van der Waals surface area contributed by atoms with Crippen molar-refractivity contribution in [3.8, 4) is 11.5 Å². The van der Waals surface area contributed by atoms with Crippen LogP contribution in [-0.2, 0) is 6.54 Å². The number of rotatable bonds is 5. The number of nitrogens with zero attached hydrogens (tertiary/aromatic N) is 2. The average Bonchev–Trinajstić information content (AvgIpc) is 2.80. The van der Waals surface area contributed by atoms with Crippen molar-refractivity contribution in [1.82, 2.24) is 9.97 Å². The highest BCUT2D eigenvalue weighted by Gasteiger charge is 2.12. The highest BCUT2D eigenvalue weighted by molar-refractivity contribution is 6.31. The molecule has 0 saturated heterocycles. The van der Waals surface area contributed by atoms with E-state index >= 15 is 0 Å². The van der Waals surface area contributed by atoms with Crippen LogP contribution in [0.25, 0.3) is 10.9 Å². The molecule has 1 aliphatic rings. The highest BCUT2D eigenvalue weighted by atomic mass is 35.5. The molecule has 1 aliphatic heterocycles. The fourth-order valence-corrected chi connectivity index (χ4v) is 3.56. The van der Waals surface area contributed by atoms with Crippen LogP contribution >= 0.6 is 11.6 Å². The minimum Gasteiger partial charge on any atom is -0.486 e. The van der Waals surface area contributed by atoms with Crippen LogP contribution in [-0.4, -0.2) is 23.2 Å². The number of hydrogen-bond acceptors (Lipinski definition) is 6. The molecule has 0 atom stereocenters. The number of anilines is 3. The molecule has 0 aliphatic carbocycles. The van der Waals surface area contributed by atoms with E-state index in [9.17, 15) is 4.39 Å². The van der Waals surface area contributed by atoms with Gasteiger partial charge in [0.05, 0.1) is 10.5 Å². The third-order valence-corrected chi connectivity index (χ3v) is 5.21. The highest BCUT2D eigenvalue weighted by Crippen LogP contribution is 2.31. The summed E-state index contributed by atoms with van der Waals surface area (Å²) >= 11 is 5.89. The molecule has 0 spiro atoms. The first kappa shape index (κ1) is 19.4. The minimum absolute atomic E-state index is 0.0464. The zero-order chi connectivity index (χ0) is 21.2. The summed E-state index contributed by atoms with van der Waals surface area (Å²) in [6.07, 6.45) is 1.48. The second-order valence-electron chi connectivity index (χ2n) is 7.04. The third kappa shape index (κ3) is 4.18. The average molecular weight is 437 g/mol. The molecule has 3 aromatic carbocycles. The molecule has 0 bridgehead atoms. The van der Waals surface area contributed by atoms with Gasteiger partial charge in [0.25, 0.3) is 0 Å². The van der Waals surface area contributed by atoms with E-state index < -0.39 is 5.82 Å². The topological polar surface area (TPSA) is 68.3 Å². The lowest BCUT2D eigenvalue weighted by atomic mass is 10.1. The second kappa shape index (κ2) is 8.28. The van der Waals surface area contributed by atoms with Gasteiger partial charge in [0.15, 0.2) is 11.5 Å². The van der Waals surface area contributed by atoms with Crippen molar-refractivity contribution in [3.63, 3.8) is 0 Å². The fourth-order valence-electron chi connectivity index (χ4n) is 3.38. The van der Waals surface area contributed by atoms with Gasteiger partial charge in [-0.2, -0.15) is 0 Å². The molecule has 0 radical (unpaired) electrons. The van der Waals surface area contributed by atoms with Crippen molar-refractivity contribution in [1.29, 1.82) is 0 Å². The first-order valence-corrected chi connectivity index (χ1v) is 10.1. The Bertz CT molecular complexity index is 1270. The maximum Gasteiger partial charge on any atom is 0.161 e. The van der Waals surface area contributed by atoms with Crippen molar-refractivity contribution >= 4 is 39.7 Å². The number of aromatic nitrogens is 2. The summed E-state index contributed by atoms with van der Waals surface area (Å²) in [4.78, 5) is 8.67. The third-order valence-electron chi connectivity index (χ3n) is 4.92. The van der Waals surface area contributed by atoms with Crippen LogP contribution in [0.4, 0.5) is 21.6 Å². The molecule has 31 heavy (non-hydrogen) atoms. The summed E-state index contributed by atoms with van der Waals surface area (Å²) in [6.45, 7) is 1.75. The van der Waals surface area contributed by atoms with Gasteiger partial charge in [0, 0.05) is 23.3 Å². The Balaban J connectivity index is 1.37. The Hall–Kier alpha value is -3.58. The van der Waals surface area contributed by atoms with Crippen molar-refractivity contribution < 1.29 is 13.9 Å². The number of ether oxygens (including phenoxy) is 2. The summed E-state index contributed by atoms with van der Waals surface area (Å²) < 4.78 is 24.7. The molecule has 2 heterocycles. The standard InChI is InChI=1S/C23H18ClFN4O2/c24-18-11-16(2-4-19(18)25)29-23-17-10-15(3-5-20(17)27-13-28-23)26-12-14-1-6-21-22(9-14)31-8-7-30-21/h1-6,9-11,13,26H,7-8,12H2,(H,27,28,29). The lowest BCUT2D eigenvalue weighted by molar-refractivity contribution is 0.171. The number of benzene rings is 3. The van der Waals surface area contributed by atoms with Gasteiger partial charge >= 0.3 is 0 Å². The van der Waals surface area contributed by atoms with E-state index in [4.69, 9.17) is 21.1 Å². The van der Waals surface area contributed by atoms with E-state index in [0.29, 0.717) is 31.3 Å². The van der Waals surface area contributed by atoms with Gasteiger partial charge in [-0.05, 0) is 54.1 Å². The molecular formula is C23H18ClFN4O2. The predicted octanol–water partition coefficient (Wildman–Crippen LogP) is 5.55. The number of hydrogen-bond donors (Lipinski definition) is 2. The van der Waals surface area contributed by atoms with E-state index in [1.807, 2.05) is 36.4 Å². The minimum atomic E-state index is -0.467. The van der Waals surface area contributed by atoms with E-state index in [0.717, 1.165) is 33.7 Å². The van der Waals surface area contributed by atoms with Crippen LogP contribution in [0.15, 0.2) is 60.9 Å². The molecule has 8 heteroatoms. The fraction of sp³-hybridized carbons (Fsp3) is 0.130. The van der Waals surface area contributed by atoms with Gasteiger partial charge in [0.2, 0.25) is 0 Å². The van der Waals surface area contributed by atoms with Crippen molar-refractivity contribution in [2.45, 2.75) is 6.54 Å². The molecule has 156 valence electrons. The molecule has 6 nitrogen and oxygen atoms in total. The molecule has 2 N–H and O–H groups in total. The summed E-state index contributed by atoms with van der Waals surface area (Å²) in [5.74, 6) is 1.68. The van der Waals surface area contributed by atoms with Crippen LogP contribution in [0.2, 0.25) is 5.02 Å². The zero-order valence-electron chi connectivity index (χ0n) is 16.4. The van der Waals surface area contributed by atoms with Crippen molar-refractivity contribution in [2.24, 2.45) is 0 Å². The van der Waals surface area contributed by atoms with Gasteiger partial charge < -0.3 is 20.1 Å². The second-order valence-corrected chi connectivity index (χ2v) is 7.45. The lowest BCUT2D eigenvalue weighted by Gasteiger charge is -2.19. The maximum absolute atomic E-state index is 13.5. The largest absolute Gasteiger partial charge is 0.486 e. The van der Waals surface area contributed by atoms with Crippen LogP contribution in [0.5, 0.6) is 11.5 Å². The molecule has 0 unspecified atom stereocenters. The van der Waals surface area contributed by atoms with Gasteiger partial charge in [-0.25, -0.2) is 14.4 Å². The van der Waals surface area contributed by atoms with Crippen LogP contribution < -0.4 is 20.1 Å². The number of fused-ring (bicyclic) bond motifs is 2. The summed E-state index contributed by atoms with van der Waals surface area (Å²) in [5.41, 5.74) is 3.42. The van der Waals surface area contributed by atoms with Crippen LogP contribution in [0.1, 0.15) is 5.56 Å². The number of halogens is 2. The summed E-state index contributed by atoms with van der Waals surface area (Å²) in [7, 11) is 0. The van der Waals surface area contributed by atoms with E-state index in [1.165, 1.54) is 18.5 Å². The smallest absolute Gasteiger partial charge is 0.161 e. The van der Waals surface area contributed by atoms with Crippen LogP contribution in [0.3, 0.4) is 0 Å². The SMILES string of the molecule is Fc1ccc(Nc2ncnc3ccc(NCc4ccc5c(c4)OCCO5)cc23)cc1Cl. The molecule has 1 aromatic heterocycles. The zero-order valence-corrected chi connectivity index (χ0v) is 17.1. The van der Waals surface area contributed by atoms with Gasteiger partial charge in [-0.1, -0.05) is 17.7 Å². The van der Waals surface area contributed by atoms with Gasteiger partial charge in [-0.15, -0.1) is 0 Å². The lowest BCUT2D eigenvalue weighted by Crippen LogP contribution is -2.15. The summed E-state index contributed by atoms with van der Waals surface area (Å²) in [5, 5.41) is 7.48. The molecule has 0 amide bonds. The summed E-state index contributed by atoms with van der Waals surface area (Å²) in [6, 6.07) is 16.2. The van der Waals surface area contributed by atoms with E-state index in [2.05, 4.69) is 20.6 Å². The predicted molar refractivity (Wildman–Crippen MR) is 119 cm³/mol. The van der Waals surface area contributed by atoms with E-state index in [1.54, 1.807) is 6.07 Å². The van der Waals surface area contributed by atoms with Crippen LogP contribution in [0, 0.1) is 5.82 Å².